The zero-order valence-corrected chi connectivity index (χ0v) is 14.8. The highest BCUT2D eigenvalue weighted by Gasteiger charge is 2.15. The number of aromatic nitrogens is 2. The van der Waals surface area contributed by atoms with Gasteiger partial charge in [-0.25, -0.2) is 9.78 Å². The summed E-state index contributed by atoms with van der Waals surface area (Å²) in [6.07, 6.45) is 1.78. The van der Waals surface area contributed by atoms with Gasteiger partial charge in [0.1, 0.15) is 4.88 Å². The standard InChI is InChI=1S/C17H18N4O2S/c1-10-15(16(22)23-4)24-17(19-10)20-18-9-13-11(2)21(3)14-8-6-5-7-12(13)14/h5-9H,1-4H3,(H,19,20)/b18-9-. The molecule has 0 aliphatic heterocycles. The molecule has 0 radical (unpaired) electrons. The fraction of sp³-hybridized carbons (Fsp3) is 0.235. The molecule has 3 aromatic rings. The number of methoxy groups -OCH3 is 1. The number of esters is 1. The van der Waals surface area contributed by atoms with Crippen molar-refractivity contribution in [2.45, 2.75) is 13.8 Å². The summed E-state index contributed by atoms with van der Waals surface area (Å²) < 4.78 is 6.87. The molecule has 1 aromatic carbocycles. The quantitative estimate of drug-likeness (QED) is 0.448. The van der Waals surface area contributed by atoms with Crippen LogP contribution in [0.2, 0.25) is 0 Å². The summed E-state index contributed by atoms with van der Waals surface area (Å²) in [6.45, 7) is 3.83. The van der Waals surface area contributed by atoms with E-state index in [1.54, 1.807) is 13.1 Å². The maximum Gasteiger partial charge on any atom is 0.350 e. The first kappa shape index (κ1) is 16.2. The lowest BCUT2D eigenvalue weighted by Crippen LogP contribution is -1.99. The molecule has 0 fully saturated rings. The van der Waals surface area contributed by atoms with Crippen LogP contribution in [0.15, 0.2) is 29.4 Å². The summed E-state index contributed by atoms with van der Waals surface area (Å²) in [5, 5.41) is 5.99. The average Bonchev–Trinajstić information content (AvgIpc) is 3.07. The minimum atomic E-state index is -0.382. The molecule has 1 N–H and O–H groups in total. The molecule has 0 amide bonds. The first-order valence-corrected chi connectivity index (χ1v) is 8.23. The van der Waals surface area contributed by atoms with E-state index in [1.165, 1.54) is 18.4 Å². The Labute approximate surface area is 143 Å². The maximum absolute atomic E-state index is 11.6. The van der Waals surface area contributed by atoms with Crippen molar-refractivity contribution in [3.63, 3.8) is 0 Å². The monoisotopic (exact) mass is 342 g/mol. The molecule has 124 valence electrons. The molecule has 3 rings (SSSR count). The number of hydrazone groups is 1. The van der Waals surface area contributed by atoms with E-state index in [9.17, 15) is 4.79 Å². The van der Waals surface area contributed by atoms with Gasteiger partial charge in [-0.05, 0) is 19.9 Å². The van der Waals surface area contributed by atoms with Gasteiger partial charge >= 0.3 is 5.97 Å². The Hall–Kier alpha value is -2.67. The maximum atomic E-state index is 11.6. The Bertz CT molecular complexity index is 940. The first-order valence-electron chi connectivity index (χ1n) is 7.41. The number of aryl methyl sites for hydroxylation is 2. The van der Waals surface area contributed by atoms with Crippen molar-refractivity contribution >= 4 is 39.6 Å². The summed E-state index contributed by atoms with van der Waals surface area (Å²) in [7, 11) is 3.39. The number of carbonyl (C=O) groups is 1. The largest absolute Gasteiger partial charge is 0.465 e. The van der Waals surface area contributed by atoms with Crippen LogP contribution in [-0.4, -0.2) is 28.8 Å². The molecule has 0 spiro atoms. The molecule has 0 saturated heterocycles. The van der Waals surface area contributed by atoms with Crippen LogP contribution in [0.1, 0.15) is 26.6 Å². The number of hydrogen-bond acceptors (Lipinski definition) is 6. The Balaban J connectivity index is 1.85. The average molecular weight is 342 g/mol. The zero-order valence-electron chi connectivity index (χ0n) is 14.0. The van der Waals surface area contributed by atoms with Gasteiger partial charge in [0.25, 0.3) is 0 Å². The summed E-state index contributed by atoms with van der Waals surface area (Å²) >= 11 is 1.22. The molecule has 0 unspecified atom stereocenters. The Morgan fingerprint density at radius 3 is 2.88 bits per heavy atom. The van der Waals surface area contributed by atoms with E-state index in [1.807, 2.05) is 19.2 Å². The summed E-state index contributed by atoms with van der Waals surface area (Å²) in [6, 6.07) is 8.19. The van der Waals surface area contributed by atoms with Crippen LogP contribution in [-0.2, 0) is 11.8 Å². The van der Waals surface area contributed by atoms with Crippen molar-refractivity contribution in [1.82, 2.24) is 9.55 Å². The molecular weight excluding hydrogens is 324 g/mol. The van der Waals surface area contributed by atoms with E-state index >= 15 is 0 Å². The van der Waals surface area contributed by atoms with Gasteiger partial charge in [-0.3, -0.25) is 5.43 Å². The Morgan fingerprint density at radius 1 is 1.38 bits per heavy atom. The number of carbonyl (C=O) groups excluding carboxylic acids is 1. The van der Waals surface area contributed by atoms with Crippen molar-refractivity contribution in [2.75, 3.05) is 12.5 Å². The highest BCUT2D eigenvalue weighted by molar-refractivity contribution is 7.17. The van der Waals surface area contributed by atoms with E-state index in [-0.39, 0.29) is 5.97 Å². The van der Waals surface area contributed by atoms with Crippen LogP contribution < -0.4 is 5.43 Å². The second-order valence-corrected chi connectivity index (χ2v) is 6.37. The van der Waals surface area contributed by atoms with Crippen molar-refractivity contribution in [1.29, 1.82) is 0 Å². The van der Waals surface area contributed by atoms with Crippen molar-refractivity contribution in [3.8, 4) is 0 Å². The highest BCUT2D eigenvalue weighted by atomic mass is 32.1. The van der Waals surface area contributed by atoms with Gasteiger partial charge in [0.15, 0.2) is 0 Å². The van der Waals surface area contributed by atoms with Crippen LogP contribution in [0.3, 0.4) is 0 Å². The SMILES string of the molecule is COC(=O)c1sc(N/N=C\c2c(C)n(C)c3ccccc23)nc1C. The number of hydrogen-bond donors (Lipinski definition) is 1. The van der Waals surface area contributed by atoms with Gasteiger partial charge in [0.2, 0.25) is 5.13 Å². The molecule has 0 aliphatic carbocycles. The molecule has 2 heterocycles. The summed E-state index contributed by atoms with van der Waals surface area (Å²) in [5.74, 6) is -0.382. The highest BCUT2D eigenvalue weighted by Crippen LogP contribution is 2.25. The van der Waals surface area contributed by atoms with Gasteiger partial charge in [-0.15, -0.1) is 0 Å². The van der Waals surface area contributed by atoms with Crippen LogP contribution in [0.25, 0.3) is 10.9 Å². The minimum absolute atomic E-state index is 0.382. The topological polar surface area (TPSA) is 68.5 Å². The molecular formula is C17H18N4O2S. The number of rotatable bonds is 4. The van der Waals surface area contributed by atoms with E-state index in [4.69, 9.17) is 4.74 Å². The van der Waals surface area contributed by atoms with Gasteiger partial charge in [0.05, 0.1) is 19.0 Å². The van der Waals surface area contributed by atoms with Crippen LogP contribution in [0.4, 0.5) is 5.13 Å². The lowest BCUT2D eigenvalue weighted by molar-refractivity contribution is 0.0605. The smallest absolute Gasteiger partial charge is 0.350 e. The van der Waals surface area contributed by atoms with Crippen LogP contribution >= 0.6 is 11.3 Å². The van der Waals surface area contributed by atoms with E-state index in [0.717, 1.165) is 22.2 Å². The van der Waals surface area contributed by atoms with Crippen molar-refractivity contribution < 1.29 is 9.53 Å². The number of fused-ring (bicyclic) bond motifs is 1. The van der Waals surface area contributed by atoms with Crippen molar-refractivity contribution in [3.05, 3.63) is 46.1 Å². The first-order chi connectivity index (χ1) is 11.5. The second kappa shape index (κ2) is 6.45. The number of nitrogens with one attached hydrogen (secondary N) is 1. The zero-order chi connectivity index (χ0) is 17.3. The molecule has 0 saturated carbocycles. The van der Waals surface area contributed by atoms with Crippen LogP contribution in [0, 0.1) is 13.8 Å². The predicted molar refractivity (Wildman–Crippen MR) is 97.1 cm³/mol. The molecule has 7 heteroatoms. The lowest BCUT2D eigenvalue weighted by Gasteiger charge is -1.97. The number of thiazole rings is 1. The molecule has 0 aliphatic rings. The Morgan fingerprint density at radius 2 is 2.12 bits per heavy atom. The molecule has 24 heavy (non-hydrogen) atoms. The molecule has 6 nitrogen and oxygen atoms in total. The fourth-order valence-corrected chi connectivity index (χ4v) is 3.43. The fourth-order valence-electron chi connectivity index (χ4n) is 2.59. The van der Waals surface area contributed by atoms with E-state index in [0.29, 0.717) is 15.7 Å². The third-order valence-corrected chi connectivity index (χ3v) is 5.01. The number of benzene rings is 1. The third-order valence-electron chi connectivity index (χ3n) is 3.97. The van der Waals surface area contributed by atoms with E-state index < -0.39 is 0 Å². The Kier molecular flexibility index (Phi) is 4.35. The molecule has 0 atom stereocenters. The normalized spacial score (nSPS) is 11.3. The summed E-state index contributed by atoms with van der Waals surface area (Å²) in [5.41, 5.74) is 6.88. The molecule has 2 aromatic heterocycles. The van der Waals surface area contributed by atoms with Gasteiger partial charge in [0, 0.05) is 29.2 Å². The number of nitrogens with zero attached hydrogens (tertiary/aromatic N) is 3. The summed E-state index contributed by atoms with van der Waals surface area (Å²) in [4.78, 5) is 16.4. The molecule has 0 bridgehead atoms. The predicted octanol–water partition coefficient (Wildman–Crippen LogP) is 3.48. The van der Waals surface area contributed by atoms with Gasteiger partial charge in [-0.1, -0.05) is 29.5 Å². The lowest BCUT2D eigenvalue weighted by atomic mass is 10.1. The van der Waals surface area contributed by atoms with Crippen LogP contribution in [0.5, 0.6) is 0 Å². The number of para-hydroxylation sites is 1. The number of anilines is 1. The minimum Gasteiger partial charge on any atom is -0.465 e. The van der Waals surface area contributed by atoms with Gasteiger partial charge < -0.3 is 9.30 Å². The van der Waals surface area contributed by atoms with E-state index in [2.05, 4.69) is 39.1 Å². The second-order valence-electron chi connectivity index (χ2n) is 5.37. The van der Waals surface area contributed by atoms with Crippen molar-refractivity contribution in [2.24, 2.45) is 12.1 Å². The van der Waals surface area contributed by atoms with Gasteiger partial charge in [-0.2, -0.15) is 5.10 Å². The third kappa shape index (κ3) is 2.78. The number of ether oxygens (including phenoxy) is 1.